The standard InChI is InChI=1S/C23H19ClF3N7O/c1-4-13-8-14-10-30-32-20(14)18(22(35)31-12(2)3)19(13)29-11-15-9-17(23(25,26)27)33-34(15)21-16(24)6-5-7-28-21/h1,5-10,12,29H,11H2,2-3H3,(H,30,32)(H,31,35). The molecule has 4 rings (SSSR count). The number of H-pyrrole nitrogens is 1. The van der Waals surface area contributed by atoms with Crippen LogP contribution in [0.2, 0.25) is 5.02 Å². The minimum atomic E-state index is -4.69. The molecule has 8 nitrogen and oxygen atoms in total. The Balaban J connectivity index is 1.81. The third kappa shape index (κ3) is 4.79. The summed E-state index contributed by atoms with van der Waals surface area (Å²) >= 11 is 6.17. The number of nitrogens with one attached hydrogen (secondary N) is 3. The molecule has 35 heavy (non-hydrogen) atoms. The summed E-state index contributed by atoms with van der Waals surface area (Å²) in [5.74, 6) is 2.13. The van der Waals surface area contributed by atoms with Crippen LogP contribution in [-0.2, 0) is 12.7 Å². The van der Waals surface area contributed by atoms with Crippen molar-refractivity contribution in [3.63, 3.8) is 0 Å². The van der Waals surface area contributed by atoms with Crippen molar-refractivity contribution in [1.29, 1.82) is 0 Å². The monoisotopic (exact) mass is 501 g/mol. The SMILES string of the molecule is C#Cc1cc2cn[nH]c2c(C(=O)NC(C)C)c1NCc1cc(C(F)(F)F)nn1-c1ncccc1Cl. The number of aromatic nitrogens is 5. The van der Waals surface area contributed by atoms with Gasteiger partial charge in [0.1, 0.15) is 0 Å². The van der Waals surface area contributed by atoms with Crippen molar-refractivity contribution >= 4 is 34.1 Å². The van der Waals surface area contributed by atoms with Crippen molar-refractivity contribution < 1.29 is 18.0 Å². The van der Waals surface area contributed by atoms with Crippen molar-refractivity contribution in [2.45, 2.75) is 32.6 Å². The Labute approximate surface area is 202 Å². The van der Waals surface area contributed by atoms with Crippen LogP contribution < -0.4 is 10.6 Å². The second kappa shape index (κ2) is 9.31. The van der Waals surface area contributed by atoms with Crippen LogP contribution >= 0.6 is 11.6 Å². The molecule has 3 aromatic heterocycles. The molecule has 3 heterocycles. The number of amides is 1. The van der Waals surface area contributed by atoms with Gasteiger partial charge in [-0.3, -0.25) is 9.89 Å². The summed E-state index contributed by atoms with van der Waals surface area (Å²) in [6.45, 7) is 3.42. The van der Waals surface area contributed by atoms with Gasteiger partial charge < -0.3 is 10.6 Å². The van der Waals surface area contributed by atoms with E-state index in [0.29, 0.717) is 16.5 Å². The molecule has 0 bridgehead atoms. The average Bonchev–Trinajstić information content (AvgIpc) is 3.43. The van der Waals surface area contributed by atoms with Crippen LogP contribution in [-0.4, -0.2) is 36.9 Å². The number of pyridine rings is 1. The van der Waals surface area contributed by atoms with E-state index in [4.69, 9.17) is 18.0 Å². The number of fused-ring (bicyclic) bond motifs is 1. The zero-order valence-corrected chi connectivity index (χ0v) is 19.3. The molecule has 3 N–H and O–H groups in total. The van der Waals surface area contributed by atoms with E-state index in [0.717, 1.165) is 10.7 Å². The maximum absolute atomic E-state index is 13.5. The summed E-state index contributed by atoms with van der Waals surface area (Å²) in [6.07, 6.45) is 3.93. The number of carbonyl (C=O) groups excluding carboxylic acids is 1. The lowest BCUT2D eigenvalue weighted by atomic mass is 10.0. The van der Waals surface area contributed by atoms with Crippen LogP contribution in [0.4, 0.5) is 18.9 Å². The van der Waals surface area contributed by atoms with Gasteiger partial charge in [-0.2, -0.15) is 23.4 Å². The summed E-state index contributed by atoms with van der Waals surface area (Å²) in [4.78, 5) is 17.1. The van der Waals surface area contributed by atoms with E-state index in [1.807, 2.05) is 0 Å². The maximum atomic E-state index is 13.5. The van der Waals surface area contributed by atoms with Crippen LogP contribution in [0, 0.1) is 12.3 Å². The molecule has 0 radical (unpaired) electrons. The molecule has 0 spiro atoms. The van der Waals surface area contributed by atoms with Crippen molar-refractivity contribution in [1.82, 2.24) is 30.3 Å². The number of hydrogen-bond donors (Lipinski definition) is 3. The Morgan fingerprint density at radius 2 is 2.11 bits per heavy atom. The molecular formula is C23H19ClF3N7O. The van der Waals surface area contributed by atoms with Gasteiger partial charge in [-0.25, -0.2) is 9.67 Å². The fourth-order valence-corrected chi connectivity index (χ4v) is 3.73. The number of halogens is 4. The Morgan fingerprint density at radius 3 is 2.77 bits per heavy atom. The number of rotatable bonds is 6. The van der Waals surface area contributed by atoms with E-state index in [1.54, 1.807) is 26.0 Å². The molecular weight excluding hydrogens is 483 g/mol. The minimum absolute atomic E-state index is 0.0282. The van der Waals surface area contributed by atoms with E-state index >= 15 is 0 Å². The van der Waals surface area contributed by atoms with Crippen molar-refractivity contribution in [3.8, 4) is 18.2 Å². The Hall–Kier alpha value is -4.04. The summed E-state index contributed by atoms with van der Waals surface area (Å²) in [7, 11) is 0. The molecule has 0 aliphatic heterocycles. The van der Waals surface area contributed by atoms with Gasteiger partial charge in [-0.1, -0.05) is 17.5 Å². The quantitative estimate of drug-likeness (QED) is 0.337. The molecule has 0 atom stereocenters. The first-order chi connectivity index (χ1) is 16.6. The smallest absolute Gasteiger partial charge is 0.378 e. The normalized spacial score (nSPS) is 11.6. The molecule has 1 aromatic carbocycles. The predicted octanol–water partition coefficient (Wildman–Crippen LogP) is 4.55. The Morgan fingerprint density at radius 1 is 1.34 bits per heavy atom. The highest BCUT2D eigenvalue weighted by atomic mass is 35.5. The fraction of sp³-hybridized carbons (Fsp3) is 0.217. The van der Waals surface area contributed by atoms with Gasteiger partial charge in [-0.05, 0) is 38.1 Å². The van der Waals surface area contributed by atoms with Crippen LogP contribution in [0.5, 0.6) is 0 Å². The molecule has 0 aliphatic carbocycles. The number of benzene rings is 1. The van der Waals surface area contributed by atoms with Crippen LogP contribution in [0.15, 0.2) is 36.7 Å². The van der Waals surface area contributed by atoms with Crippen molar-refractivity contribution in [2.75, 3.05) is 5.32 Å². The van der Waals surface area contributed by atoms with Gasteiger partial charge in [0.25, 0.3) is 5.91 Å². The lowest BCUT2D eigenvalue weighted by molar-refractivity contribution is -0.141. The predicted molar refractivity (Wildman–Crippen MR) is 125 cm³/mol. The molecule has 0 saturated heterocycles. The molecule has 0 fully saturated rings. The van der Waals surface area contributed by atoms with Gasteiger partial charge in [0.05, 0.1) is 40.2 Å². The highest BCUT2D eigenvalue weighted by Gasteiger charge is 2.35. The van der Waals surface area contributed by atoms with Crippen LogP contribution in [0.1, 0.15) is 41.2 Å². The number of anilines is 1. The molecule has 1 amide bonds. The fourth-order valence-electron chi connectivity index (χ4n) is 3.53. The maximum Gasteiger partial charge on any atom is 0.435 e. The van der Waals surface area contributed by atoms with E-state index in [-0.39, 0.29) is 40.4 Å². The first kappa shape index (κ1) is 24.1. The minimum Gasteiger partial charge on any atom is -0.378 e. The molecule has 0 aliphatic rings. The van der Waals surface area contributed by atoms with Gasteiger partial charge >= 0.3 is 6.18 Å². The molecule has 0 unspecified atom stereocenters. The average molecular weight is 502 g/mol. The zero-order chi connectivity index (χ0) is 25.3. The zero-order valence-electron chi connectivity index (χ0n) is 18.5. The molecule has 0 saturated carbocycles. The lowest BCUT2D eigenvalue weighted by Crippen LogP contribution is -2.31. The van der Waals surface area contributed by atoms with E-state index in [2.05, 4.69) is 36.8 Å². The number of terminal acetylenes is 1. The third-order valence-corrected chi connectivity index (χ3v) is 5.29. The number of carbonyl (C=O) groups is 1. The topological polar surface area (TPSA) is 101 Å². The highest BCUT2D eigenvalue weighted by Crippen LogP contribution is 2.32. The first-order valence-electron chi connectivity index (χ1n) is 10.4. The lowest BCUT2D eigenvalue weighted by Gasteiger charge is -2.17. The number of aromatic amines is 1. The van der Waals surface area contributed by atoms with Crippen LogP contribution in [0.25, 0.3) is 16.7 Å². The second-order valence-electron chi connectivity index (χ2n) is 7.87. The Bertz CT molecular complexity index is 1450. The van der Waals surface area contributed by atoms with E-state index in [9.17, 15) is 18.0 Å². The second-order valence-corrected chi connectivity index (χ2v) is 8.28. The van der Waals surface area contributed by atoms with Gasteiger partial charge in [0, 0.05) is 23.2 Å². The van der Waals surface area contributed by atoms with Gasteiger partial charge in [0.15, 0.2) is 11.5 Å². The molecule has 12 heteroatoms. The molecule has 180 valence electrons. The van der Waals surface area contributed by atoms with E-state index in [1.165, 1.54) is 18.5 Å². The van der Waals surface area contributed by atoms with E-state index < -0.39 is 17.8 Å². The van der Waals surface area contributed by atoms with Crippen molar-refractivity contribution in [3.05, 3.63) is 64.2 Å². The van der Waals surface area contributed by atoms with Crippen LogP contribution in [0.3, 0.4) is 0 Å². The van der Waals surface area contributed by atoms with Crippen molar-refractivity contribution in [2.24, 2.45) is 0 Å². The van der Waals surface area contributed by atoms with Gasteiger partial charge in [-0.15, -0.1) is 6.42 Å². The highest BCUT2D eigenvalue weighted by molar-refractivity contribution is 6.32. The summed E-state index contributed by atoms with van der Waals surface area (Å²) < 4.78 is 41.4. The number of nitrogens with zero attached hydrogens (tertiary/aromatic N) is 4. The van der Waals surface area contributed by atoms with Gasteiger partial charge in [0.2, 0.25) is 0 Å². The summed E-state index contributed by atoms with van der Waals surface area (Å²) in [5.41, 5.74) is 0.207. The molecule has 4 aromatic rings. The number of hydrogen-bond acceptors (Lipinski definition) is 5. The summed E-state index contributed by atoms with van der Waals surface area (Å²) in [5, 5.41) is 17.0. The largest absolute Gasteiger partial charge is 0.435 e. The number of alkyl halides is 3. The Kier molecular flexibility index (Phi) is 6.41. The first-order valence-corrected chi connectivity index (χ1v) is 10.8. The third-order valence-electron chi connectivity index (χ3n) is 5.00. The summed E-state index contributed by atoms with van der Waals surface area (Å²) in [6, 6.07) is 5.41.